The number of piperidine rings is 1. The number of aromatic nitrogens is 2. The number of nitrogens with zero attached hydrogens (tertiary/aromatic N) is 2. The highest BCUT2D eigenvalue weighted by atomic mass is 35.5. The van der Waals surface area contributed by atoms with E-state index in [0.717, 1.165) is 53.6 Å². The molecule has 2 aromatic carbocycles. The first-order valence-electron chi connectivity index (χ1n) is 8.45. The Bertz CT molecular complexity index is 874. The number of para-hydroxylation sites is 2. The van der Waals surface area contributed by atoms with E-state index < -0.39 is 0 Å². The van der Waals surface area contributed by atoms with Gasteiger partial charge in [-0.2, -0.15) is 0 Å². The second kappa shape index (κ2) is 7.02. The number of halogens is 1. The number of rotatable bonds is 2. The Kier molecular flexibility index (Phi) is 4.59. The number of likely N-dealkylation sites (tertiary alicyclic amines) is 1. The number of H-pyrrole nitrogens is 1. The number of benzene rings is 2. The third-order valence-electron chi connectivity index (χ3n) is 4.58. The molecule has 2 heterocycles. The summed E-state index contributed by atoms with van der Waals surface area (Å²) in [5, 5.41) is 4.73. The van der Waals surface area contributed by atoms with Crippen LogP contribution in [-0.2, 0) is 0 Å². The Morgan fingerprint density at radius 3 is 2.96 bits per heavy atom. The molecule has 0 aliphatic carbocycles. The molecule has 0 saturated carbocycles. The van der Waals surface area contributed by atoms with Crippen LogP contribution in [0.1, 0.15) is 24.6 Å². The second-order valence-corrected chi connectivity index (χ2v) is 7.19. The predicted octanol–water partition coefficient (Wildman–Crippen LogP) is 4.79. The molecule has 1 aliphatic heterocycles. The molecule has 1 atom stereocenters. The van der Waals surface area contributed by atoms with Crippen molar-refractivity contribution < 1.29 is 0 Å². The summed E-state index contributed by atoms with van der Waals surface area (Å²) >= 11 is 11.7. The molecule has 0 bridgehead atoms. The molecular formula is C19H19ClN4S. The Hall–Kier alpha value is -2.11. The fraction of sp³-hybridized carbons (Fsp3) is 0.263. The molecule has 128 valence electrons. The van der Waals surface area contributed by atoms with Gasteiger partial charge in [0.05, 0.1) is 11.0 Å². The minimum Gasteiger partial charge on any atom is -0.348 e. The highest BCUT2D eigenvalue weighted by Gasteiger charge is 2.25. The van der Waals surface area contributed by atoms with Crippen LogP contribution in [0, 0.1) is 0 Å². The minimum absolute atomic E-state index is 0.361. The van der Waals surface area contributed by atoms with Gasteiger partial charge < -0.3 is 15.2 Å². The van der Waals surface area contributed by atoms with Crippen molar-refractivity contribution in [3.05, 3.63) is 59.4 Å². The van der Waals surface area contributed by atoms with E-state index in [-0.39, 0.29) is 0 Å². The van der Waals surface area contributed by atoms with Gasteiger partial charge in [-0.05, 0) is 55.4 Å². The Balaban J connectivity index is 1.47. The molecule has 1 aliphatic rings. The number of anilines is 1. The van der Waals surface area contributed by atoms with Crippen molar-refractivity contribution in [2.75, 3.05) is 18.4 Å². The number of hydrogen-bond donors (Lipinski definition) is 2. The zero-order valence-corrected chi connectivity index (χ0v) is 15.3. The highest BCUT2D eigenvalue weighted by Crippen LogP contribution is 2.27. The zero-order chi connectivity index (χ0) is 17.2. The van der Waals surface area contributed by atoms with Gasteiger partial charge in [-0.25, -0.2) is 4.98 Å². The average molecular weight is 371 g/mol. The molecule has 2 N–H and O–H groups in total. The van der Waals surface area contributed by atoms with E-state index in [1.165, 1.54) is 0 Å². The van der Waals surface area contributed by atoms with Gasteiger partial charge in [-0.1, -0.05) is 29.8 Å². The highest BCUT2D eigenvalue weighted by molar-refractivity contribution is 7.80. The minimum atomic E-state index is 0.361. The van der Waals surface area contributed by atoms with E-state index in [4.69, 9.17) is 28.8 Å². The molecule has 25 heavy (non-hydrogen) atoms. The lowest BCUT2D eigenvalue weighted by atomic mass is 9.98. The molecule has 0 spiro atoms. The summed E-state index contributed by atoms with van der Waals surface area (Å²) in [5.41, 5.74) is 3.03. The molecule has 4 rings (SSSR count). The van der Waals surface area contributed by atoms with Crippen LogP contribution in [0.25, 0.3) is 11.0 Å². The van der Waals surface area contributed by atoms with Crippen LogP contribution in [0.2, 0.25) is 5.02 Å². The van der Waals surface area contributed by atoms with Gasteiger partial charge in [0, 0.05) is 29.7 Å². The maximum absolute atomic E-state index is 6.05. The first kappa shape index (κ1) is 16.4. The molecule has 1 fully saturated rings. The third kappa shape index (κ3) is 3.62. The van der Waals surface area contributed by atoms with Gasteiger partial charge in [-0.15, -0.1) is 0 Å². The summed E-state index contributed by atoms with van der Waals surface area (Å²) in [4.78, 5) is 10.4. The lowest BCUT2D eigenvalue weighted by molar-refractivity contribution is 0.307. The van der Waals surface area contributed by atoms with Crippen molar-refractivity contribution in [3.8, 4) is 0 Å². The van der Waals surface area contributed by atoms with Crippen molar-refractivity contribution in [1.29, 1.82) is 0 Å². The van der Waals surface area contributed by atoms with Crippen LogP contribution in [-0.4, -0.2) is 33.1 Å². The van der Waals surface area contributed by atoms with Crippen molar-refractivity contribution in [1.82, 2.24) is 14.9 Å². The quantitative estimate of drug-likeness (QED) is 0.636. The number of nitrogens with one attached hydrogen (secondary N) is 2. The molecule has 1 saturated heterocycles. The van der Waals surface area contributed by atoms with Crippen LogP contribution >= 0.6 is 23.8 Å². The molecule has 3 aromatic rings. The standard InChI is InChI=1S/C19H19ClN4S/c20-14-6-3-7-15(11-14)21-19(25)24-10-4-5-13(12-24)18-22-16-8-1-2-9-17(16)23-18/h1-3,6-9,11,13H,4-5,10,12H2,(H,21,25)(H,22,23)/t13-/m0/s1. The van der Waals surface area contributed by atoms with E-state index in [9.17, 15) is 0 Å². The van der Waals surface area contributed by atoms with Gasteiger partial charge in [-0.3, -0.25) is 0 Å². The van der Waals surface area contributed by atoms with Crippen LogP contribution in [0.5, 0.6) is 0 Å². The number of thiocarbonyl (C=S) groups is 1. The van der Waals surface area contributed by atoms with E-state index in [1.807, 2.05) is 42.5 Å². The van der Waals surface area contributed by atoms with Crippen LogP contribution in [0.3, 0.4) is 0 Å². The Labute approximate surface area is 157 Å². The van der Waals surface area contributed by atoms with E-state index >= 15 is 0 Å². The second-order valence-electron chi connectivity index (χ2n) is 6.36. The van der Waals surface area contributed by atoms with Crippen molar-refractivity contribution in [2.24, 2.45) is 0 Å². The molecule has 0 radical (unpaired) electrons. The first-order valence-corrected chi connectivity index (χ1v) is 9.24. The largest absolute Gasteiger partial charge is 0.348 e. The molecule has 0 unspecified atom stereocenters. The van der Waals surface area contributed by atoms with Gasteiger partial charge in [0.2, 0.25) is 0 Å². The Morgan fingerprint density at radius 1 is 1.24 bits per heavy atom. The molecule has 4 nitrogen and oxygen atoms in total. The number of imidazole rings is 1. The van der Waals surface area contributed by atoms with Crippen molar-refractivity contribution in [3.63, 3.8) is 0 Å². The van der Waals surface area contributed by atoms with Gasteiger partial charge in [0.1, 0.15) is 5.82 Å². The number of hydrogen-bond acceptors (Lipinski definition) is 2. The fourth-order valence-electron chi connectivity index (χ4n) is 3.32. The summed E-state index contributed by atoms with van der Waals surface area (Å²) in [5.74, 6) is 1.41. The SMILES string of the molecule is S=C(Nc1cccc(Cl)c1)N1CCC[C@H](c2nc3ccccc3[nH]2)C1. The molecule has 1 aromatic heterocycles. The Morgan fingerprint density at radius 2 is 2.12 bits per heavy atom. The maximum atomic E-state index is 6.05. The van der Waals surface area contributed by atoms with E-state index in [1.54, 1.807) is 0 Å². The lowest BCUT2D eigenvalue weighted by Crippen LogP contribution is -2.41. The van der Waals surface area contributed by atoms with Crippen molar-refractivity contribution >= 4 is 45.7 Å². The normalized spacial score (nSPS) is 17.6. The van der Waals surface area contributed by atoms with Gasteiger partial charge >= 0.3 is 0 Å². The predicted molar refractivity (Wildman–Crippen MR) is 107 cm³/mol. The third-order valence-corrected chi connectivity index (χ3v) is 5.17. The van der Waals surface area contributed by atoms with Gasteiger partial charge in [0.25, 0.3) is 0 Å². The summed E-state index contributed by atoms with van der Waals surface area (Å²) in [6.45, 7) is 1.83. The first-order chi connectivity index (χ1) is 12.2. The number of aromatic amines is 1. The fourth-order valence-corrected chi connectivity index (χ4v) is 3.79. The molecule has 6 heteroatoms. The topological polar surface area (TPSA) is 44.0 Å². The van der Waals surface area contributed by atoms with E-state index in [0.29, 0.717) is 10.9 Å². The number of fused-ring (bicyclic) bond motifs is 1. The van der Waals surface area contributed by atoms with Crippen LogP contribution in [0.15, 0.2) is 48.5 Å². The van der Waals surface area contributed by atoms with Crippen LogP contribution < -0.4 is 5.32 Å². The molecular weight excluding hydrogens is 352 g/mol. The lowest BCUT2D eigenvalue weighted by Gasteiger charge is -2.33. The summed E-state index contributed by atoms with van der Waals surface area (Å²) < 4.78 is 0. The summed E-state index contributed by atoms with van der Waals surface area (Å²) in [7, 11) is 0. The van der Waals surface area contributed by atoms with E-state index in [2.05, 4.69) is 21.3 Å². The molecule has 0 amide bonds. The monoisotopic (exact) mass is 370 g/mol. The van der Waals surface area contributed by atoms with Gasteiger partial charge in [0.15, 0.2) is 5.11 Å². The van der Waals surface area contributed by atoms with Crippen molar-refractivity contribution in [2.45, 2.75) is 18.8 Å². The smallest absolute Gasteiger partial charge is 0.173 e. The summed E-state index contributed by atoms with van der Waals surface area (Å²) in [6.07, 6.45) is 2.22. The zero-order valence-electron chi connectivity index (χ0n) is 13.7. The maximum Gasteiger partial charge on any atom is 0.173 e. The summed E-state index contributed by atoms with van der Waals surface area (Å²) in [6, 6.07) is 15.8. The average Bonchev–Trinajstić information content (AvgIpc) is 3.06. The van der Waals surface area contributed by atoms with Crippen LogP contribution in [0.4, 0.5) is 5.69 Å².